The maximum Gasteiger partial charge on any atom is 0.280 e. The summed E-state index contributed by atoms with van der Waals surface area (Å²) in [7, 11) is -0.351. The molecule has 1 heterocycles. The molecule has 0 saturated carbocycles. The van der Waals surface area contributed by atoms with Gasteiger partial charge in [-0.05, 0) is 36.4 Å². The molecule has 1 aromatic heterocycles. The second-order valence-electron chi connectivity index (χ2n) is 6.70. The van der Waals surface area contributed by atoms with Gasteiger partial charge in [-0.25, -0.2) is 4.98 Å². The fourth-order valence-corrected chi connectivity index (χ4v) is 8.62. The predicted molar refractivity (Wildman–Crippen MR) is 124 cm³/mol. The van der Waals surface area contributed by atoms with Crippen molar-refractivity contribution in [2.45, 2.75) is 6.16 Å². The Labute approximate surface area is 175 Å². The minimum Gasteiger partial charge on any atom is -0.353 e. The van der Waals surface area contributed by atoms with Crippen molar-refractivity contribution in [3.8, 4) is 0 Å². The lowest BCUT2D eigenvalue weighted by molar-refractivity contribution is 0.0962. The van der Waals surface area contributed by atoms with E-state index in [-0.39, 0.29) is 5.91 Å². The topological polar surface area (TPSA) is 42.0 Å². The average molecular weight is 417 g/mol. The Hall–Kier alpha value is -2.81. The number of carbonyl (C=O) groups is 1. The van der Waals surface area contributed by atoms with Crippen molar-refractivity contribution in [2.75, 3.05) is 7.05 Å². The molecule has 29 heavy (non-hydrogen) atoms. The number of hydrogen-bond donors (Lipinski definition) is 1. The molecule has 0 unspecified atom stereocenters. The zero-order valence-corrected chi connectivity index (χ0v) is 17.9. The van der Waals surface area contributed by atoms with Crippen molar-refractivity contribution in [1.29, 1.82) is 0 Å². The van der Waals surface area contributed by atoms with Gasteiger partial charge >= 0.3 is 0 Å². The molecule has 3 nitrogen and oxygen atoms in total. The van der Waals surface area contributed by atoms with Crippen LogP contribution in [0.25, 0.3) is 0 Å². The summed E-state index contributed by atoms with van der Waals surface area (Å²) in [4.78, 5) is 16.7. The normalized spacial score (nSPS) is 11.2. The van der Waals surface area contributed by atoms with E-state index in [1.165, 1.54) is 27.3 Å². The number of carbonyl (C=O) groups excluding carboxylic acids is 1. The van der Waals surface area contributed by atoms with E-state index < -0.39 is 7.26 Å². The van der Waals surface area contributed by atoms with Crippen LogP contribution in [0.5, 0.6) is 0 Å². The lowest BCUT2D eigenvalue weighted by Gasteiger charge is -2.27. The van der Waals surface area contributed by atoms with E-state index in [9.17, 15) is 4.79 Å². The zero-order chi connectivity index (χ0) is 20.1. The first-order chi connectivity index (χ1) is 14.2. The van der Waals surface area contributed by atoms with Gasteiger partial charge in [-0.2, -0.15) is 0 Å². The molecule has 0 fully saturated rings. The second kappa shape index (κ2) is 8.69. The maximum absolute atomic E-state index is 12.0. The molecule has 0 spiro atoms. The quantitative estimate of drug-likeness (QED) is 0.482. The highest BCUT2D eigenvalue weighted by atomic mass is 32.1. The van der Waals surface area contributed by atoms with Crippen molar-refractivity contribution >= 4 is 40.4 Å². The highest BCUT2D eigenvalue weighted by Crippen LogP contribution is 2.58. The molecule has 1 N–H and O–H groups in total. The maximum atomic E-state index is 12.0. The summed E-state index contributed by atoms with van der Waals surface area (Å²) in [5.41, 5.74) is 0.957. The number of amides is 1. The van der Waals surface area contributed by atoms with Crippen LogP contribution < -0.4 is 21.2 Å². The number of thiazole rings is 1. The van der Waals surface area contributed by atoms with Gasteiger partial charge in [0, 0.05) is 12.4 Å². The minimum absolute atomic E-state index is 0.135. The van der Waals surface area contributed by atoms with Gasteiger partial charge in [-0.3, -0.25) is 4.79 Å². The molecule has 0 atom stereocenters. The smallest absolute Gasteiger partial charge is 0.280 e. The van der Waals surface area contributed by atoms with Crippen molar-refractivity contribution < 1.29 is 4.79 Å². The summed E-state index contributed by atoms with van der Waals surface area (Å²) in [5.74, 6) is -0.135. The zero-order valence-electron chi connectivity index (χ0n) is 16.2. The summed E-state index contributed by atoms with van der Waals surface area (Å²) in [5, 5.41) is 9.14. The third-order valence-corrected chi connectivity index (χ3v) is 10.2. The lowest BCUT2D eigenvalue weighted by Crippen LogP contribution is -2.32. The molecule has 0 radical (unpaired) electrons. The van der Waals surface area contributed by atoms with Crippen molar-refractivity contribution in [2.24, 2.45) is 0 Å². The molecule has 0 saturated heterocycles. The van der Waals surface area contributed by atoms with Crippen molar-refractivity contribution in [3.63, 3.8) is 0 Å². The van der Waals surface area contributed by atoms with E-state index in [0.29, 0.717) is 5.01 Å². The van der Waals surface area contributed by atoms with Gasteiger partial charge in [-0.15, -0.1) is 11.3 Å². The first kappa shape index (κ1) is 19.5. The summed E-state index contributed by atoms with van der Waals surface area (Å²) in [6.45, 7) is 0. The third kappa shape index (κ3) is 3.87. The molecule has 4 aromatic rings. The first-order valence-corrected chi connectivity index (χ1v) is 12.3. The number of benzene rings is 3. The monoisotopic (exact) mass is 417 g/mol. The van der Waals surface area contributed by atoms with Crippen LogP contribution in [0.1, 0.15) is 15.5 Å². The van der Waals surface area contributed by atoms with Gasteiger partial charge in [0.2, 0.25) is 0 Å². The van der Waals surface area contributed by atoms with E-state index in [0.717, 1.165) is 11.9 Å². The van der Waals surface area contributed by atoms with Crippen molar-refractivity contribution in [1.82, 2.24) is 10.3 Å². The molecule has 144 valence electrons. The number of nitrogens with zero attached hydrogens (tertiary/aromatic N) is 1. The van der Waals surface area contributed by atoms with E-state index >= 15 is 0 Å². The van der Waals surface area contributed by atoms with E-state index in [4.69, 9.17) is 0 Å². The number of aromatic nitrogens is 1. The number of nitrogens with one attached hydrogen (secondary N) is 1. The highest BCUT2D eigenvalue weighted by Gasteiger charge is 2.46. The molecule has 0 bridgehead atoms. The Balaban J connectivity index is 1.93. The van der Waals surface area contributed by atoms with Crippen LogP contribution in [0.15, 0.2) is 96.4 Å². The van der Waals surface area contributed by atoms with E-state index in [1.54, 1.807) is 7.05 Å². The van der Waals surface area contributed by atoms with E-state index in [1.807, 2.05) is 5.38 Å². The molecular formula is C24H22N2OPS+. The molecule has 0 aliphatic carbocycles. The summed E-state index contributed by atoms with van der Waals surface area (Å²) >= 11 is 1.40. The fourth-order valence-electron chi connectivity index (χ4n) is 3.60. The van der Waals surface area contributed by atoms with Gasteiger partial charge in [0.1, 0.15) is 29.3 Å². The van der Waals surface area contributed by atoms with Crippen LogP contribution in [0.4, 0.5) is 0 Å². The molecular weight excluding hydrogens is 395 g/mol. The highest BCUT2D eigenvalue weighted by molar-refractivity contribution is 7.95. The molecule has 5 heteroatoms. The number of hydrogen-bond acceptors (Lipinski definition) is 3. The Morgan fingerprint density at radius 1 is 0.828 bits per heavy atom. The van der Waals surface area contributed by atoms with Crippen molar-refractivity contribution in [3.05, 3.63) is 107 Å². The third-order valence-electron chi connectivity index (χ3n) is 4.96. The van der Waals surface area contributed by atoms with E-state index in [2.05, 4.69) is 101 Å². The number of rotatable bonds is 6. The molecule has 1 amide bonds. The average Bonchev–Trinajstić information content (AvgIpc) is 3.27. The Kier molecular flexibility index (Phi) is 5.84. The SMILES string of the molecule is CNC(=O)c1nc(C[P+](c2ccccc2)(c2ccccc2)c2ccccc2)cs1. The van der Waals surface area contributed by atoms with Gasteiger partial charge in [0.15, 0.2) is 5.01 Å². The fraction of sp³-hybridized carbons (Fsp3) is 0.0833. The van der Waals surface area contributed by atoms with Crippen LogP contribution in [-0.4, -0.2) is 17.9 Å². The summed E-state index contributed by atoms with van der Waals surface area (Å²) in [6, 6.07) is 32.1. The standard InChI is InChI=1S/C24H21N2OPS/c1-25-23(27)24-26-19(18-29-24)17-28(20-11-5-2-6-12-20,21-13-7-3-8-14-21)22-15-9-4-10-16-22/h2-16,18H,17H2,1H3/p+1. The first-order valence-electron chi connectivity index (χ1n) is 9.45. The summed E-state index contributed by atoms with van der Waals surface area (Å²) in [6.07, 6.45) is 0.776. The Morgan fingerprint density at radius 2 is 1.28 bits per heavy atom. The van der Waals surface area contributed by atoms with Crippen LogP contribution in [0.3, 0.4) is 0 Å². The van der Waals surface area contributed by atoms with Crippen LogP contribution in [-0.2, 0) is 6.16 Å². The molecule has 3 aromatic carbocycles. The van der Waals surface area contributed by atoms with Crippen LogP contribution in [0, 0.1) is 0 Å². The molecule has 4 rings (SSSR count). The molecule has 0 aliphatic heterocycles. The van der Waals surface area contributed by atoms with Crippen LogP contribution >= 0.6 is 18.6 Å². The Bertz CT molecular complexity index is 985. The predicted octanol–water partition coefficient (Wildman–Crippen LogP) is 4.00. The van der Waals surface area contributed by atoms with Gasteiger partial charge in [0.05, 0.1) is 5.69 Å². The minimum atomic E-state index is -1.99. The van der Waals surface area contributed by atoms with Gasteiger partial charge < -0.3 is 5.32 Å². The summed E-state index contributed by atoms with van der Waals surface area (Å²) < 4.78 is 0. The second-order valence-corrected chi connectivity index (χ2v) is 11.0. The molecule has 0 aliphatic rings. The largest absolute Gasteiger partial charge is 0.353 e. The Morgan fingerprint density at radius 3 is 1.69 bits per heavy atom. The lowest BCUT2D eigenvalue weighted by atomic mass is 10.4. The van der Waals surface area contributed by atoms with Gasteiger partial charge in [-0.1, -0.05) is 54.6 Å². The van der Waals surface area contributed by atoms with Gasteiger partial charge in [0.25, 0.3) is 5.91 Å². The van der Waals surface area contributed by atoms with Crippen LogP contribution in [0.2, 0.25) is 0 Å².